The molecule has 0 saturated heterocycles. The number of methoxy groups -OCH3 is 2. The lowest BCUT2D eigenvalue weighted by Gasteiger charge is -2.40. The van der Waals surface area contributed by atoms with Crippen LogP contribution in [0.1, 0.15) is 38.9 Å². The highest BCUT2D eigenvalue weighted by Crippen LogP contribution is 2.49. The average Bonchev–Trinajstić information content (AvgIpc) is 3.09. The maximum Gasteiger partial charge on any atom is 0.264 e. The third-order valence-corrected chi connectivity index (χ3v) is 5.51. The Labute approximate surface area is 180 Å². The maximum absolute atomic E-state index is 13.5. The van der Waals surface area contributed by atoms with Crippen molar-refractivity contribution in [3.63, 3.8) is 0 Å². The molecule has 160 valence electrons. The molecule has 0 spiro atoms. The normalized spacial score (nSPS) is 16.4. The van der Waals surface area contributed by atoms with Crippen molar-refractivity contribution in [3.8, 4) is 11.5 Å². The van der Waals surface area contributed by atoms with Crippen molar-refractivity contribution in [2.75, 3.05) is 32.2 Å². The molecule has 0 saturated carbocycles. The second-order valence-electron chi connectivity index (χ2n) is 7.17. The molecule has 2 aromatic rings. The number of ether oxygens (including phenoxy) is 2. The number of nitrogens with one attached hydrogen (secondary N) is 1. The highest BCUT2D eigenvalue weighted by Gasteiger charge is 2.49. The molecule has 4 rings (SSSR count). The number of benzene rings is 2. The predicted molar refractivity (Wildman–Crippen MR) is 114 cm³/mol. The van der Waals surface area contributed by atoms with Gasteiger partial charge in [0.1, 0.15) is 6.17 Å². The van der Waals surface area contributed by atoms with Crippen molar-refractivity contribution in [1.29, 1.82) is 0 Å². The SMILES string of the molecule is C=CCNC(=O)CCN1C(=O)c2ccccc2N2C(=O)c3c(ccc(OC)c3OC)[C@H]12. The monoisotopic (exact) mass is 421 g/mol. The standard InChI is InChI=1S/C23H23N3O5/c1-4-12-24-18(27)11-13-25-21-15-9-10-17(30-2)20(31-3)19(15)23(29)26(21)16-8-6-5-7-14(16)22(25)28/h4-10,21H,1,11-13H2,2-3H3,(H,24,27)/t21-/m1/s1. The molecule has 0 aromatic heterocycles. The van der Waals surface area contributed by atoms with E-state index in [9.17, 15) is 14.4 Å². The smallest absolute Gasteiger partial charge is 0.264 e. The van der Waals surface area contributed by atoms with Gasteiger partial charge in [-0.05, 0) is 18.2 Å². The first-order chi connectivity index (χ1) is 15.0. The first-order valence-corrected chi connectivity index (χ1v) is 9.89. The molecule has 2 aliphatic heterocycles. The van der Waals surface area contributed by atoms with Crippen LogP contribution < -0.4 is 19.7 Å². The van der Waals surface area contributed by atoms with E-state index in [0.29, 0.717) is 40.4 Å². The summed E-state index contributed by atoms with van der Waals surface area (Å²) < 4.78 is 10.9. The molecule has 1 N–H and O–H groups in total. The van der Waals surface area contributed by atoms with Crippen LogP contribution in [0, 0.1) is 0 Å². The van der Waals surface area contributed by atoms with Gasteiger partial charge in [-0.2, -0.15) is 0 Å². The van der Waals surface area contributed by atoms with Gasteiger partial charge in [0.05, 0.1) is 31.0 Å². The molecule has 3 amide bonds. The van der Waals surface area contributed by atoms with Gasteiger partial charge < -0.3 is 19.7 Å². The van der Waals surface area contributed by atoms with Crippen LogP contribution in [0.4, 0.5) is 5.69 Å². The van der Waals surface area contributed by atoms with E-state index in [0.717, 1.165) is 0 Å². The van der Waals surface area contributed by atoms with Crippen LogP contribution in [-0.2, 0) is 4.79 Å². The zero-order chi connectivity index (χ0) is 22.1. The summed E-state index contributed by atoms with van der Waals surface area (Å²) in [6.07, 6.45) is 1.02. The second kappa shape index (κ2) is 8.14. The van der Waals surface area contributed by atoms with Gasteiger partial charge in [0, 0.05) is 25.1 Å². The second-order valence-corrected chi connectivity index (χ2v) is 7.17. The van der Waals surface area contributed by atoms with Crippen LogP contribution in [0.3, 0.4) is 0 Å². The number of amides is 3. The Kier molecular flexibility index (Phi) is 5.37. The van der Waals surface area contributed by atoms with E-state index < -0.39 is 6.17 Å². The fourth-order valence-corrected chi connectivity index (χ4v) is 4.15. The Morgan fingerprint density at radius 3 is 2.61 bits per heavy atom. The molecule has 2 heterocycles. The highest BCUT2D eigenvalue weighted by atomic mass is 16.5. The molecule has 0 radical (unpaired) electrons. The first-order valence-electron chi connectivity index (χ1n) is 9.89. The molecule has 0 fully saturated rings. The zero-order valence-corrected chi connectivity index (χ0v) is 17.4. The molecule has 2 aliphatic rings. The highest BCUT2D eigenvalue weighted by molar-refractivity contribution is 6.18. The lowest BCUT2D eigenvalue weighted by molar-refractivity contribution is -0.121. The van der Waals surface area contributed by atoms with Crippen molar-refractivity contribution in [3.05, 3.63) is 65.7 Å². The fourth-order valence-electron chi connectivity index (χ4n) is 4.15. The van der Waals surface area contributed by atoms with Crippen LogP contribution in [0.2, 0.25) is 0 Å². The summed E-state index contributed by atoms with van der Waals surface area (Å²) in [6.45, 7) is 4.08. The predicted octanol–water partition coefficient (Wildman–Crippen LogP) is 2.51. The fraction of sp³-hybridized carbons (Fsp3) is 0.261. The van der Waals surface area contributed by atoms with E-state index in [1.807, 2.05) is 0 Å². The molecule has 1 atom stereocenters. The van der Waals surface area contributed by atoms with Gasteiger partial charge in [-0.15, -0.1) is 6.58 Å². The Morgan fingerprint density at radius 1 is 1.13 bits per heavy atom. The number of fused-ring (bicyclic) bond motifs is 5. The van der Waals surface area contributed by atoms with Crippen molar-refractivity contribution in [1.82, 2.24) is 10.2 Å². The van der Waals surface area contributed by atoms with Gasteiger partial charge in [0.2, 0.25) is 5.91 Å². The third-order valence-electron chi connectivity index (χ3n) is 5.51. The summed E-state index contributed by atoms with van der Waals surface area (Å²) in [7, 11) is 2.98. The van der Waals surface area contributed by atoms with E-state index in [4.69, 9.17) is 9.47 Å². The first kappa shape index (κ1) is 20.5. The van der Waals surface area contributed by atoms with E-state index in [1.165, 1.54) is 14.2 Å². The van der Waals surface area contributed by atoms with Crippen molar-refractivity contribution >= 4 is 23.4 Å². The number of anilines is 1. The van der Waals surface area contributed by atoms with Gasteiger partial charge in [0.25, 0.3) is 11.8 Å². The van der Waals surface area contributed by atoms with E-state index in [1.54, 1.807) is 52.3 Å². The summed E-state index contributed by atoms with van der Waals surface area (Å²) in [5, 5.41) is 2.71. The van der Waals surface area contributed by atoms with E-state index >= 15 is 0 Å². The molecular weight excluding hydrogens is 398 g/mol. The Bertz CT molecular complexity index is 1080. The van der Waals surface area contributed by atoms with Crippen LogP contribution in [0.25, 0.3) is 0 Å². The van der Waals surface area contributed by atoms with E-state index in [2.05, 4.69) is 11.9 Å². The molecule has 0 aliphatic carbocycles. The number of nitrogens with zero attached hydrogens (tertiary/aromatic N) is 2. The Hall–Kier alpha value is -3.81. The Morgan fingerprint density at radius 2 is 1.90 bits per heavy atom. The summed E-state index contributed by atoms with van der Waals surface area (Å²) in [6, 6.07) is 10.5. The number of carbonyl (C=O) groups excluding carboxylic acids is 3. The zero-order valence-electron chi connectivity index (χ0n) is 17.4. The molecular formula is C23H23N3O5. The average molecular weight is 421 g/mol. The lowest BCUT2D eigenvalue weighted by Crippen LogP contribution is -2.49. The molecule has 0 unspecified atom stereocenters. The summed E-state index contributed by atoms with van der Waals surface area (Å²) >= 11 is 0. The molecule has 0 bridgehead atoms. The number of carbonyl (C=O) groups is 3. The van der Waals surface area contributed by atoms with Gasteiger partial charge >= 0.3 is 0 Å². The number of hydrogen-bond acceptors (Lipinski definition) is 5. The summed E-state index contributed by atoms with van der Waals surface area (Å²) in [5.74, 6) is 0.0491. The summed E-state index contributed by atoms with van der Waals surface area (Å²) in [5.41, 5.74) is 1.94. The third kappa shape index (κ3) is 3.20. The molecule has 2 aromatic carbocycles. The molecule has 8 nitrogen and oxygen atoms in total. The van der Waals surface area contributed by atoms with Gasteiger partial charge in [-0.25, -0.2) is 0 Å². The molecule has 31 heavy (non-hydrogen) atoms. The van der Waals surface area contributed by atoms with E-state index in [-0.39, 0.29) is 30.7 Å². The Balaban J connectivity index is 1.80. The van der Waals surface area contributed by atoms with Crippen molar-refractivity contribution in [2.24, 2.45) is 0 Å². The van der Waals surface area contributed by atoms with Crippen molar-refractivity contribution in [2.45, 2.75) is 12.6 Å². The summed E-state index contributed by atoms with van der Waals surface area (Å²) in [4.78, 5) is 42.2. The van der Waals surface area contributed by atoms with Crippen LogP contribution in [0.5, 0.6) is 11.5 Å². The lowest BCUT2D eigenvalue weighted by atomic mass is 10.0. The number of para-hydroxylation sites is 1. The van der Waals surface area contributed by atoms with Crippen LogP contribution in [-0.4, -0.2) is 49.9 Å². The van der Waals surface area contributed by atoms with Gasteiger partial charge in [-0.1, -0.05) is 24.3 Å². The minimum absolute atomic E-state index is 0.100. The minimum atomic E-state index is -0.670. The van der Waals surface area contributed by atoms with Crippen LogP contribution >= 0.6 is 0 Å². The van der Waals surface area contributed by atoms with Crippen molar-refractivity contribution < 1.29 is 23.9 Å². The minimum Gasteiger partial charge on any atom is -0.493 e. The number of hydrogen-bond donors (Lipinski definition) is 1. The van der Waals surface area contributed by atoms with Gasteiger partial charge in [-0.3, -0.25) is 19.3 Å². The van der Waals surface area contributed by atoms with Gasteiger partial charge in [0.15, 0.2) is 11.5 Å². The topological polar surface area (TPSA) is 88.2 Å². The largest absolute Gasteiger partial charge is 0.493 e. The number of rotatable bonds is 7. The maximum atomic E-state index is 13.5. The molecule has 8 heteroatoms. The quantitative estimate of drug-likeness (QED) is 0.694. The van der Waals surface area contributed by atoms with Crippen LogP contribution in [0.15, 0.2) is 49.1 Å².